The van der Waals surface area contributed by atoms with Crippen molar-refractivity contribution < 1.29 is 28.5 Å². The zero-order valence-corrected chi connectivity index (χ0v) is 22.8. The number of piperidine rings is 1. The highest BCUT2D eigenvalue weighted by Gasteiger charge is 2.32. The van der Waals surface area contributed by atoms with Crippen molar-refractivity contribution >= 4 is 17.5 Å². The summed E-state index contributed by atoms with van der Waals surface area (Å²) >= 11 is 6.12. The fourth-order valence-corrected chi connectivity index (χ4v) is 4.77. The summed E-state index contributed by atoms with van der Waals surface area (Å²) in [7, 11) is 2.96. The van der Waals surface area contributed by atoms with Gasteiger partial charge in [0.2, 0.25) is 5.88 Å². The van der Waals surface area contributed by atoms with E-state index in [1.54, 1.807) is 18.2 Å². The number of rotatable bonds is 9. The Morgan fingerprint density at radius 1 is 1.13 bits per heavy atom. The Kier molecular flexibility index (Phi) is 8.96. The second kappa shape index (κ2) is 12.4. The third-order valence-electron chi connectivity index (χ3n) is 6.65. The molecule has 1 fully saturated rings. The Balaban J connectivity index is 1.66. The Morgan fingerprint density at radius 3 is 2.41 bits per heavy atom. The summed E-state index contributed by atoms with van der Waals surface area (Å²) < 4.78 is 31.9. The number of nitrogens with zero attached hydrogens (tertiary/aromatic N) is 3. The van der Waals surface area contributed by atoms with Crippen molar-refractivity contribution in [1.29, 1.82) is 0 Å². The van der Waals surface area contributed by atoms with Crippen LogP contribution in [0, 0.1) is 5.82 Å². The maximum atomic E-state index is 13.6. The van der Waals surface area contributed by atoms with Gasteiger partial charge in [0.25, 0.3) is 11.5 Å². The number of carbonyl (C=O) groups excluding carboxylic acids is 1. The van der Waals surface area contributed by atoms with Gasteiger partial charge in [0.05, 0.1) is 19.2 Å². The first-order valence-corrected chi connectivity index (χ1v) is 13.1. The van der Waals surface area contributed by atoms with Gasteiger partial charge in [0, 0.05) is 38.4 Å². The van der Waals surface area contributed by atoms with Crippen LogP contribution in [0.25, 0.3) is 5.69 Å². The number of para-hydroxylation sites is 1. The molecule has 208 valence electrons. The lowest BCUT2D eigenvalue weighted by Gasteiger charge is -2.32. The summed E-state index contributed by atoms with van der Waals surface area (Å²) in [5.74, 6) is -0.358. The molecule has 1 N–H and O–H groups in total. The van der Waals surface area contributed by atoms with Crippen LogP contribution in [-0.4, -0.2) is 58.9 Å². The van der Waals surface area contributed by atoms with Gasteiger partial charge in [-0.25, -0.2) is 4.39 Å². The molecule has 1 amide bonds. The highest BCUT2D eigenvalue weighted by molar-refractivity contribution is 6.32. The first-order valence-electron chi connectivity index (χ1n) is 12.8. The van der Waals surface area contributed by atoms with Crippen LogP contribution < -0.4 is 19.8 Å². The molecule has 9 nitrogen and oxygen atoms in total. The number of aromatic hydroxyl groups is 1. The largest absolute Gasteiger partial charge is 0.494 e. The third-order valence-corrected chi connectivity index (χ3v) is 6.96. The van der Waals surface area contributed by atoms with E-state index in [9.17, 15) is 19.1 Å². The number of likely N-dealkylation sites (tertiary alicyclic amines) is 1. The molecule has 0 bridgehead atoms. The normalized spacial score (nSPS) is 13.8. The number of methoxy groups -OCH3 is 2. The number of hydrogen-bond acceptors (Lipinski definition) is 7. The van der Waals surface area contributed by atoms with E-state index in [0.29, 0.717) is 47.9 Å². The second-order valence-electron chi connectivity index (χ2n) is 9.17. The number of hydrogen-bond donors (Lipinski definition) is 1. The summed E-state index contributed by atoms with van der Waals surface area (Å²) in [6.45, 7) is 2.51. The molecule has 39 heavy (non-hydrogen) atoms. The quantitative estimate of drug-likeness (QED) is 0.402. The van der Waals surface area contributed by atoms with Gasteiger partial charge >= 0.3 is 0 Å². The molecule has 0 spiro atoms. The monoisotopic (exact) mass is 559 g/mol. The van der Waals surface area contributed by atoms with E-state index >= 15 is 0 Å². The number of halogens is 2. The highest BCUT2D eigenvalue weighted by atomic mass is 35.5. The van der Waals surface area contributed by atoms with E-state index in [-0.39, 0.29) is 30.8 Å². The molecule has 1 aromatic heterocycles. The molecule has 1 saturated heterocycles. The molecule has 0 saturated carbocycles. The number of amides is 1. The molecule has 0 radical (unpaired) electrons. The maximum Gasteiger partial charge on any atom is 0.289 e. The van der Waals surface area contributed by atoms with Gasteiger partial charge in [0.1, 0.15) is 40.7 Å². The van der Waals surface area contributed by atoms with Crippen molar-refractivity contribution in [1.82, 2.24) is 14.5 Å². The molecule has 1 aliphatic heterocycles. The van der Waals surface area contributed by atoms with Crippen LogP contribution in [-0.2, 0) is 6.42 Å². The molecule has 11 heteroatoms. The Hall–Kier alpha value is -3.79. The number of ether oxygens (including phenoxy) is 3. The molecule has 0 atom stereocenters. The average Bonchev–Trinajstić information content (AvgIpc) is 2.93. The summed E-state index contributed by atoms with van der Waals surface area (Å²) in [6.07, 6.45) is 2.48. The zero-order chi connectivity index (χ0) is 28.1. The molecule has 0 aliphatic carbocycles. The van der Waals surface area contributed by atoms with Crippen LogP contribution in [0.1, 0.15) is 48.8 Å². The molecular weight excluding hydrogens is 529 g/mol. The lowest BCUT2D eigenvalue weighted by Crippen LogP contribution is -2.43. The van der Waals surface area contributed by atoms with Crippen molar-refractivity contribution in [2.24, 2.45) is 0 Å². The predicted molar refractivity (Wildman–Crippen MR) is 144 cm³/mol. The van der Waals surface area contributed by atoms with Gasteiger partial charge in [-0.3, -0.25) is 14.2 Å². The molecule has 0 unspecified atom stereocenters. The molecule has 2 aromatic carbocycles. The number of carbonyl (C=O) groups is 1. The molecule has 1 aliphatic rings. The van der Waals surface area contributed by atoms with Crippen LogP contribution in [0.4, 0.5) is 4.39 Å². The standard InChI is InChI=1S/C28H31ClFN3O6/c1-4-5-9-23-31-26(34)24(28(36)33(23)25-20(37-2)7-6-8-21(25)38-3)27(35)32-14-12-18(13-15-32)39-22-16-17(30)10-11-19(22)29/h6-8,10-11,16,18,36H,4-5,9,12-15H2,1-3H3. The number of unbranched alkanes of at least 4 members (excludes halogenated alkanes) is 1. The van der Waals surface area contributed by atoms with Gasteiger partial charge in [-0.05, 0) is 30.7 Å². The minimum absolute atomic E-state index is 0.236. The smallest absolute Gasteiger partial charge is 0.289 e. The van der Waals surface area contributed by atoms with Crippen molar-refractivity contribution in [3.63, 3.8) is 0 Å². The van der Waals surface area contributed by atoms with Gasteiger partial charge < -0.3 is 24.2 Å². The third kappa shape index (κ3) is 5.95. The number of benzene rings is 2. The fourth-order valence-electron chi connectivity index (χ4n) is 4.61. The topological polar surface area (TPSA) is 103 Å². The summed E-state index contributed by atoms with van der Waals surface area (Å²) in [6, 6.07) is 9.00. The first-order chi connectivity index (χ1) is 18.8. The summed E-state index contributed by atoms with van der Waals surface area (Å²) in [5, 5.41) is 11.7. The van der Waals surface area contributed by atoms with Gasteiger partial charge in [-0.15, -0.1) is 0 Å². The van der Waals surface area contributed by atoms with Gasteiger partial charge in [0.15, 0.2) is 5.56 Å². The molecule has 4 rings (SSSR count). The molecule has 3 aromatic rings. The van der Waals surface area contributed by atoms with Crippen molar-refractivity contribution in [3.8, 4) is 28.8 Å². The number of aromatic nitrogens is 2. The van der Waals surface area contributed by atoms with E-state index in [4.69, 9.17) is 25.8 Å². The van der Waals surface area contributed by atoms with Gasteiger partial charge in [-0.1, -0.05) is 31.0 Å². The fraction of sp³-hybridized carbons (Fsp3) is 0.393. The Labute approximate surface area is 230 Å². The summed E-state index contributed by atoms with van der Waals surface area (Å²) in [5.41, 5.74) is -0.902. The van der Waals surface area contributed by atoms with E-state index in [1.807, 2.05) is 6.92 Å². The highest BCUT2D eigenvalue weighted by Crippen LogP contribution is 2.37. The first kappa shape index (κ1) is 28.2. The van der Waals surface area contributed by atoms with Crippen LogP contribution in [0.2, 0.25) is 5.02 Å². The SMILES string of the molecule is CCCCc1nc(=O)c(C(=O)N2CCC(Oc3cc(F)ccc3Cl)CC2)c(O)n1-c1c(OC)cccc1OC. The second-order valence-corrected chi connectivity index (χ2v) is 9.57. The van der Waals surface area contributed by atoms with Crippen LogP contribution >= 0.6 is 11.6 Å². The number of aryl methyl sites for hydroxylation is 1. The lowest BCUT2D eigenvalue weighted by molar-refractivity contribution is 0.0589. The van der Waals surface area contributed by atoms with Gasteiger partial charge in [-0.2, -0.15) is 4.98 Å². The van der Waals surface area contributed by atoms with Crippen molar-refractivity contribution in [2.75, 3.05) is 27.3 Å². The Morgan fingerprint density at radius 2 is 1.79 bits per heavy atom. The minimum Gasteiger partial charge on any atom is -0.494 e. The average molecular weight is 560 g/mol. The molecular formula is C28H31ClFN3O6. The predicted octanol–water partition coefficient (Wildman–Crippen LogP) is 4.77. The van der Waals surface area contributed by atoms with E-state index in [0.717, 1.165) is 6.42 Å². The van der Waals surface area contributed by atoms with E-state index in [1.165, 1.54) is 41.9 Å². The Bertz CT molecular complexity index is 1380. The van der Waals surface area contributed by atoms with Crippen LogP contribution in [0.5, 0.6) is 23.1 Å². The van der Waals surface area contributed by atoms with E-state index in [2.05, 4.69) is 4.98 Å². The van der Waals surface area contributed by atoms with Crippen molar-refractivity contribution in [3.05, 3.63) is 69.0 Å². The van der Waals surface area contributed by atoms with Crippen molar-refractivity contribution in [2.45, 2.75) is 45.1 Å². The summed E-state index contributed by atoms with van der Waals surface area (Å²) in [4.78, 5) is 32.4. The minimum atomic E-state index is -0.807. The van der Waals surface area contributed by atoms with E-state index < -0.39 is 28.7 Å². The van der Waals surface area contributed by atoms with Crippen LogP contribution in [0.3, 0.4) is 0 Å². The lowest BCUT2D eigenvalue weighted by atomic mass is 10.1. The van der Waals surface area contributed by atoms with Crippen LogP contribution in [0.15, 0.2) is 41.2 Å². The zero-order valence-electron chi connectivity index (χ0n) is 22.1. The maximum absolute atomic E-state index is 13.6. The molecule has 2 heterocycles.